The third kappa shape index (κ3) is 6.65. The molecule has 0 aromatic heterocycles. The van der Waals surface area contributed by atoms with Crippen LogP contribution in [-0.4, -0.2) is 25.6 Å². The molecule has 114 valence electrons. The first-order valence-corrected chi connectivity index (χ1v) is 6.67. The zero-order chi connectivity index (χ0) is 15.0. The number of nitrogens with one attached hydrogen (secondary N) is 1. The molecule has 0 aliphatic rings. The van der Waals surface area contributed by atoms with E-state index in [9.17, 15) is 13.2 Å². The Morgan fingerprint density at radius 2 is 1.70 bits per heavy atom. The van der Waals surface area contributed by atoms with E-state index in [1.807, 2.05) is 6.92 Å². The van der Waals surface area contributed by atoms with Crippen molar-refractivity contribution in [1.82, 2.24) is 5.32 Å². The fourth-order valence-corrected chi connectivity index (χ4v) is 1.74. The quantitative estimate of drug-likeness (QED) is 0.791. The molecule has 20 heavy (non-hydrogen) atoms. The van der Waals surface area contributed by atoms with E-state index in [0.29, 0.717) is 12.3 Å². The number of likely N-dealkylation sites (N-methyl/N-ethyl adjacent to an activating group) is 1. The summed E-state index contributed by atoms with van der Waals surface area (Å²) in [6, 6.07) is 5.46. The van der Waals surface area contributed by atoms with Crippen LogP contribution in [0.3, 0.4) is 0 Å². The van der Waals surface area contributed by atoms with Crippen LogP contribution >= 0.6 is 0 Å². The zero-order valence-electron chi connectivity index (χ0n) is 11.7. The first-order chi connectivity index (χ1) is 9.44. The van der Waals surface area contributed by atoms with Gasteiger partial charge in [-0.25, -0.2) is 0 Å². The third-order valence-corrected chi connectivity index (χ3v) is 2.59. The van der Waals surface area contributed by atoms with Crippen molar-refractivity contribution in [3.8, 4) is 11.5 Å². The van der Waals surface area contributed by atoms with Gasteiger partial charge in [0.25, 0.3) is 0 Å². The molecule has 0 amide bonds. The minimum atomic E-state index is -4.67. The van der Waals surface area contributed by atoms with Gasteiger partial charge in [0, 0.05) is 6.54 Å². The number of hydrogen-bond donors (Lipinski definition) is 1. The van der Waals surface area contributed by atoms with Gasteiger partial charge >= 0.3 is 6.36 Å². The normalized spacial score (nSPS) is 13.1. The number of hydrogen-bond acceptors (Lipinski definition) is 3. The van der Waals surface area contributed by atoms with Crippen LogP contribution in [0.4, 0.5) is 13.2 Å². The summed E-state index contributed by atoms with van der Waals surface area (Å²) in [6.45, 7) is 5.63. The van der Waals surface area contributed by atoms with Crippen LogP contribution in [0.15, 0.2) is 24.3 Å². The molecule has 0 heterocycles. The van der Waals surface area contributed by atoms with Crippen molar-refractivity contribution in [2.24, 2.45) is 0 Å². The summed E-state index contributed by atoms with van der Waals surface area (Å²) in [7, 11) is 0. The van der Waals surface area contributed by atoms with E-state index in [0.717, 1.165) is 19.4 Å². The number of halogens is 3. The Bertz CT molecular complexity index is 379. The van der Waals surface area contributed by atoms with Gasteiger partial charge in [-0.1, -0.05) is 20.3 Å². The summed E-state index contributed by atoms with van der Waals surface area (Å²) in [6.07, 6.45) is -2.80. The highest BCUT2D eigenvalue weighted by Gasteiger charge is 2.31. The van der Waals surface area contributed by atoms with Crippen LogP contribution in [0, 0.1) is 0 Å². The predicted molar refractivity (Wildman–Crippen MR) is 71.0 cm³/mol. The second kappa shape index (κ2) is 7.99. The second-order valence-electron chi connectivity index (χ2n) is 4.36. The standard InChI is InChI=1S/C14H20F3NO2/c1-3-5-13(10-18-4-2)19-11-6-8-12(9-7-11)20-14(15,16)17/h6-9,13,18H,3-5,10H2,1-2H3. The smallest absolute Gasteiger partial charge is 0.489 e. The summed E-state index contributed by atoms with van der Waals surface area (Å²) >= 11 is 0. The molecule has 1 atom stereocenters. The molecular weight excluding hydrogens is 271 g/mol. The lowest BCUT2D eigenvalue weighted by Gasteiger charge is -2.19. The molecule has 0 fully saturated rings. The highest BCUT2D eigenvalue weighted by atomic mass is 19.4. The van der Waals surface area contributed by atoms with Crippen LogP contribution in [0.25, 0.3) is 0 Å². The van der Waals surface area contributed by atoms with E-state index in [2.05, 4.69) is 17.0 Å². The lowest BCUT2D eigenvalue weighted by atomic mass is 10.2. The molecule has 1 N–H and O–H groups in total. The van der Waals surface area contributed by atoms with Gasteiger partial charge in [0.05, 0.1) is 0 Å². The van der Waals surface area contributed by atoms with Gasteiger partial charge < -0.3 is 14.8 Å². The van der Waals surface area contributed by atoms with Crippen molar-refractivity contribution in [2.75, 3.05) is 13.1 Å². The molecule has 0 saturated carbocycles. The minimum absolute atomic E-state index is 0.00864. The minimum Gasteiger partial charge on any atom is -0.489 e. The Morgan fingerprint density at radius 3 is 2.20 bits per heavy atom. The average Bonchev–Trinajstić information content (AvgIpc) is 2.37. The molecule has 1 rings (SSSR count). The molecule has 0 aliphatic carbocycles. The van der Waals surface area contributed by atoms with Gasteiger partial charge in [-0.3, -0.25) is 0 Å². The maximum Gasteiger partial charge on any atom is 0.573 e. The van der Waals surface area contributed by atoms with Gasteiger partial charge in [-0.15, -0.1) is 13.2 Å². The van der Waals surface area contributed by atoms with E-state index in [4.69, 9.17) is 4.74 Å². The third-order valence-electron chi connectivity index (χ3n) is 2.59. The monoisotopic (exact) mass is 291 g/mol. The van der Waals surface area contributed by atoms with E-state index >= 15 is 0 Å². The fraction of sp³-hybridized carbons (Fsp3) is 0.571. The van der Waals surface area contributed by atoms with Crippen molar-refractivity contribution >= 4 is 0 Å². The SMILES string of the molecule is CCCC(CNCC)Oc1ccc(OC(F)(F)F)cc1. The highest BCUT2D eigenvalue weighted by Crippen LogP contribution is 2.25. The van der Waals surface area contributed by atoms with Crippen molar-refractivity contribution in [1.29, 1.82) is 0 Å². The molecule has 6 heteroatoms. The van der Waals surface area contributed by atoms with E-state index in [1.165, 1.54) is 24.3 Å². The van der Waals surface area contributed by atoms with Gasteiger partial charge in [0.15, 0.2) is 0 Å². The molecule has 1 aromatic rings. The zero-order valence-corrected chi connectivity index (χ0v) is 11.7. The summed E-state index contributed by atoms with van der Waals surface area (Å²) in [4.78, 5) is 0. The molecule has 3 nitrogen and oxygen atoms in total. The molecule has 1 aromatic carbocycles. The number of alkyl halides is 3. The van der Waals surface area contributed by atoms with Crippen molar-refractivity contribution in [3.05, 3.63) is 24.3 Å². The number of rotatable bonds is 8. The Kier molecular flexibility index (Phi) is 6.64. The summed E-state index contributed by atoms with van der Waals surface area (Å²) in [5.74, 6) is 0.291. The van der Waals surface area contributed by atoms with E-state index in [-0.39, 0.29) is 11.9 Å². The Labute approximate surface area is 117 Å². The molecular formula is C14H20F3NO2. The molecule has 0 saturated heterocycles. The summed E-state index contributed by atoms with van der Waals surface area (Å²) in [5.41, 5.74) is 0. The molecule has 0 aliphatic heterocycles. The number of ether oxygens (including phenoxy) is 2. The highest BCUT2D eigenvalue weighted by molar-refractivity contribution is 5.31. The second-order valence-corrected chi connectivity index (χ2v) is 4.36. The maximum atomic E-state index is 12.0. The fourth-order valence-electron chi connectivity index (χ4n) is 1.74. The predicted octanol–water partition coefficient (Wildman–Crippen LogP) is 3.74. The first kappa shape index (κ1) is 16.6. The Balaban J connectivity index is 2.58. The van der Waals surface area contributed by atoms with Gasteiger partial charge in [0.1, 0.15) is 17.6 Å². The lowest BCUT2D eigenvalue weighted by Crippen LogP contribution is -2.31. The van der Waals surface area contributed by atoms with Crippen LogP contribution in [0.5, 0.6) is 11.5 Å². The van der Waals surface area contributed by atoms with Gasteiger partial charge in [-0.2, -0.15) is 0 Å². The van der Waals surface area contributed by atoms with Gasteiger partial charge in [0.2, 0.25) is 0 Å². The molecule has 0 bridgehead atoms. The first-order valence-electron chi connectivity index (χ1n) is 6.67. The molecule has 1 unspecified atom stereocenters. The van der Waals surface area contributed by atoms with Crippen LogP contribution < -0.4 is 14.8 Å². The average molecular weight is 291 g/mol. The van der Waals surface area contributed by atoms with Crippen molar-refractivity contribution < 1.29 is 22.6 Å². The van der Waals surface area contributed by atoms with Crippen molar-refractivity contribution in [2.45, 2.75) is 39.2 Å². The van der Waals surface area contributed by atoms with Crippen molar-refractivity contribution in [3.63, 3.8) is 0 Å². The maximum absolute atomic E-state index is 12.0. The largest absolute Gasteiger partial charge is 0.573 e. The van der Waals surface area contributed by atoms with Gasteiger partial charge in [-0.05, 0) is 37.2 Å². The van der Waals surface area contributed by atoms with Crippen LogP contribution in [-0.2, 0) is 0 Å². The topological polar surface area (TPSA) is 30.5 Å². The van der Waals surface area contributed by atoms with E-state index < -0.39 is 6.36 Å². The van der Waals surface area contributed by atoms with Crippen LogP contribution in [0.2, 0.25) is 0 Å². The lowest BCUT2D eigenvalue weighted by molar-refractivity contribution is -0.274. The molecule has 0 spiro atoms. The molecule has 0 radical (unpaired) electrons. The Hall–Kier alpha value is -1.43. The number of benzene rings is 1. The Morgan fingerprint density at radius 1 is 1.10 bits per heavy atom. The van der Waals surface area contributed by atoms with E-state index in [1.54, 1.807) is 0 Å². The summed E-state index contributed by atoms with van der Waals surface area (Å²) in [5, 5.41) is 3.20. The summed E-state index contributed by atoms with van der Waals surface area (Å²) < 4.78 is 45.6. The van der Waals surface area contributed by atoms with Crippen LogP contribution in [0.1, 0.15) is 26.7 Å².